The minimum Gasteiger partial charge on any atom is -0.462 e. The molecule has 0 aliphatic heterocycles. The molecule has 0 aromatic carbocycles. The first-order chi connectivity index (χ1) is 26.4. The molecule has 0 aromatic heterocycles. The summed E-state index contributed by atoms with van der Waals surface area (Å²) in [7, 11) is 1.40. The van der Waals surface area contributed by atoms with Crippen molar-refractivity contribution in [2.24, 2.45) is 0 Å². The predicted molar refractivity (Wildman–Crippen MR) is 219 cm³/mol. The number of hydrogen-bond acceptors (Lipinski definition) is 10. The maximum absolute atomic E-state index is 12.7. The van der Waals surface area contributed by atoms with Crippen LogP contribution >= 0.6 is 7.82 Å². The van der Waals surface area contributed by atoms with E-state index < -0.39 is 32.5 Å². The van der Waals surface area contributed by atoms with Crippen molar-refractivity contribution in [3.05, 3.63) is 12.2 Å². The molecule has 13 heteroatoms. The van der Waals surface area contributed by atoms with Crippen molar-refractivity contribution in [2.45, 2.75) is 199 Å². The number of ether oxygens (including phenoxy) is 2. The largest absolute Gasteiger partial charge is 0.472 e. The lowest BCUT2D eigenvalue weighted by Gasteiger charge is -2.24. The summed E-state index contributed by atoms with van der Waals surface area (Å²) in [6, 6.07) is 0. The monoisotopic (exact) mass is 809 g/mol. The summed E-state index contributed by atoms with van der Waals surface area (Å²) in [5.74, 6) is -0.889. The first kappa shape index (κ1) is 53.6. The Bertz CT molecular complexity index is 976. The van der Waals surface area contributed by atoms with Gasteiger partial charge in [0.2, 0.25) is 0 Å². The van der Waals surface area contributed by atoms with Crippen LogP contribution in [-0.2, 0) is 42.6 Å². The number of unbranched alkanes of at least 4 members (excludes halogenated alkanes) is 21. The van der Waals surface area contributed by atoms with Gasteiger partial charge in [-0.2, -0.15) is 4.89 Å². The van der Waals surface area contributed by atoms with Gasteiger partial charge in [-0.15, -0.1) is 0 Å². The van der Waals surface area contributed by atoms with E-state index in [1.165, 1.54) is 89.9 Å². The third-order valence-electron chi connectivity index (χ3n) is 9.51. The predicted octanol–water partition coefficient (Wildman–Crippen LogP) is 11.2. The van der Waals surface area contributed by atoms with E-state index >= 15 is 0 Å². The Morgan fingerprint density at radius 1 is 0.655 bits per heavy atom. The number of rotatable bonds is 41. The van der Waals surface area contributed by atoms with Crippen LogP contribution in [0.1, 0.15) is 187 Å². The van der Waals surface area contributed by atoms with Crippen LogP contribution in [-0.4, -0.2) is 86.3 Å². The summed E-state index contributed by atoms with van der Waals surface area (Å²) in [6.07, 6.45) is 30.8. The zero-order valence-corrected chi connectivity index (χ0v) is 36.6. The van der Waals surface area contributed by atoms with E-state index in [0.717, 1.165) is 57.8 Å². The molecule has 326 valence electrons. The van der Waals surface area contributed by atoms with Crippen LogP contribution in [0.15, 0.2) is 12.2 Å². The van der Waals surface area contributed by atoms with Gasteiger partial charge in [-0.3, -0.25) is 18.6 Å². The number of likely N-dealkylation sites (N-methyl/N-ethyl adjacent to an activating group) is 1. The van der Waals surface area contributed by atoms with Crippen LogP contribution < -0.4 is 0 Å². The average molecular weight is 809 g/mol. The fourth-order valence-corrected chi connectivity index (χ4v) is 6.78. The van der Waals surface area contributed by atoms with Crippen LogP contribution in [0.3, 0.4) is 0 Å². The van der Waals surface area contributed by atoms with Crippen molar-refractivity contribution >= 4 is 19.8 Å². The van der Waals surface area contributed by atoms with Crippen LogP contribution in [0.5, 0.6) is 0 Å². The van der Waals surface area contributed by atoms with E-state index in [9.17, 15) is 19.0 Å². The summed E-state index contributed by atoms with van der Waals surface area (Å²) in [4.78, 5) is 40.4. The minimum atomic E-state index is -4.41. The Morgan fingerprint density at radius 3 is 1.67 bits per heavy atom. The van der Waals surface area contributed by atoms with E-state index in [-0.39, 0.29) is 32.2 Å². The molecule has 2 N–H and O–H groups in total. The molecule has 0 spiro atoms. The first-order valence-electron chi connectivity index (χ1n) is 21.8. The third kappa shape index (κ3) is 39.2. The molecule has 0 amide bonds. The second-order valence-corrected chi connectivity index (χ2v) is 17.5. The number of hydrogen-bond donors (Lipinski definition) is 2. The zero-order valence-electron chi connectivity index (χ0n) is 35.7. The maximum atomic E-state index is 12.7. The number of allylic oxidation sites excluding steroid dienone is 1. The molecule has 3 atom stereocenters. The van der Waals surface area contributed by atoms with Gasteiger partial charge in [0.25, 0.3) is 0 Å². The fourth-order valence-electron chi connectivity index (χ4n) is 6.04. The number of phosphoric ester groups is 1. The molecule has 2 unspecified atom stereocenters. The van der Waals surface area contributed by atoms with E-state index in [1.54, 1.807) is 0 Å². The van der Waals surface area contributed by atoms with E-state index in [4.69, 9.17) is 28.7 Å². The van der Waals surface area contributed by atoms with Gasteiger partial charge in [0.15, 0.2) is 6.10 Å². The third-order valence-corrected chi connectivity index (χ3v) is 10.5. The molecule has 0 aliphatic carbocycles. The molecule has 0 rings (SSSR count). The molecule has 0 fully saturated rings. The highest BCUT2D eigenvalue weighted by atomic mass is 31.2. The summed E-state index contributed by atoms with van der Waals surface area (Å²) in [6.45, 7) is 4.24. The Labute approximate surface area is 335 Å². The topological polar surface area (TPSA) is 147 Å². The number of esters is 2. The molecule has 0 saturated heterocycles. The van der Waals surface area contributed by atoms with Gasteiger partial charge < -0.3 is 18.9 Å². The number of quaternary nitrogens is 1. The molecule has 0 aromatic rings. The highest BCUT2D eigenvalue weighted by Crippen LogP contribution is 2.43. The summed E-state index contributed by atoms with van der Waals surface area (Å²) < 4.78 is 34.2. The quantitative estimate of drug-likeness (QED) is 0.0116. The average Bonchev–Trinajstić information content (AvgIpc) is 3.13. The number of carbonyl (C=O) groups excluding carboxylic acids is 2. The van der Waals surface area contributed by atoms with Crippen molar-refractivity contribution in [1.29, 1.82) is 0 Å². The van der Waals surface area contributed by atoms with E-state index in [0.29, 0.717) is 23.9 Å². The van der Waals surface area contributed by atoms with Crippen LogP contribution in [0.2, 0.25) is 0 Å². The molecule has 0 saturated carbocycles. The smallest absolute Gasteiger partial charge is 0.462 e. The SMILES string of the molecule is CCCCCCC/C=C\C(CCCCCCCC(=O)O[C@H](COC(=O)CCCCCCCCCCCCCCC)COP(=O)(O)OCC[N+](C)(C)C)OOO. The van der Waals surface area contributed by atoms with Gasteiger partial charge in [0, 0.05) is 12.8 Å². The highest BCUT2D eigenvalue weighted by Gasteiger charge is 2.27. The van der Waals surface area contributed by atoms with Gasteiger partial charge >= 0.3 is 19.8 Å². The Hall–Kier alpha value is -1.37. The zero-order chi connectivity index (χ0) is 40.9. The second-order valence-electron chi connectivity index (χ2n) is 16.0. The first-order valence-corrected chi connectivity index (χ1v) is 23.3. The van der Waals surface area contributed by atoms with Crippen molar-refractivity contribution < 1.29 is 57.2 Å². The minimum absolute atomic E-state index is 0.00856. The number of nitrogens with zero attached hydrogens (tertiary/aromatic N) is 1. The molecule has 55 heavy (non-hydrogen) atoms. The summed E-state index contributed by atoms with van der Waals surface area (Å²) in [5, 5.41) is 12.7. The lowest BCUT2D eigenvalue weighted by molar-refractivity contribution is -0.870. The normalized spacial score (nSPS) is 14.2. The van der Waals surface area contributed by atoms with Crippen LogP contribution in [0.25, 0.3) is 0 Å². The Morgan fingerprint density at radius 2 is 1.15 bits per heavy atom. The molecule has 12 nitrogen and oxygen atoms in total. The molecular weight excluding hydrogens is 725 g/mol. The maximum Gasteiger partial charge on any atom is 0.472 e. The van der Waals surface area contributed by atoms with Crippen molar-refractivity contribution in [3.63, 3.8) is 0 Å². The molecule has 0 bridgehead atoms. The highest BCUT2D eigenvalue weighted by molar-refractivity contribution is 7.47. The summed E-state index contributed by atoms with van der Waals surface area (Å²) in [5.41, 5.74) is 0. The number of carbonyl (C=O) groups is 2. The molecule has 0 radical (unpaired) electrons. The second kappa shape index (κ2) is 36.9. The molecular formula is C42H83NO11P+. The number of phosphoric acid groups is 1. The van der Waals surface area contributed by atoms with Gasteiger partial charge in [0.05, 0.1) is 27.7 Å². The van der Waals surface area contributed by atoms with Crippen LogP contribution in [0, 0.1) is 0 Å². The van der Waals surface area contributed by atoms with E-state index in [2.05, 4.69) is 25.0 Å². The van der Waals surface area contributed by atoms with Gasteiger partial charge in [-0.1, -0.05) is 159 Å². The summed E-state index contributed by atoms with van der Waals surface area (Å²) >= 11 is 0. The van der Waals surface area contributed by atoms with Crippen LogP contribution in [0.4, 0.5) is 0 Å². The Balaban J connectivity index is 4.54. The van der Waals surface area contributed by atoms with Crippen molar-refractivity contribution in [2.75, 3.05) is 47.5 Å². The van der Waals surface area contributed by atoms with Gasteiger partial charge in [-0.05, 0) is 32.1 Å². The van der Waals surface area contributed by atoms with Crippen molar-refractivity contribution in [1.82, 2.24) is 0 Å². The lowest BCUT2D eigenvalue weighted by Crippen LogP contribution is -2.37. The molecule has 0 heterocycles. The fraction of sp³-hybridized carbons (Fsp3) is 0.905. The van der Waals surface area contributed by atoms with Gasteiger partial charge in [0.1, 0.15) is 25.9 Å². The lowest BCUT2D eigenvalue weighted by atomic mass is 10.0. The standard InChI is InChI=1S/C42H82NO11P/c1-6-8-10-12-14-15-16-17-18-19-21-25-29-33-41(44)49-37-40(38-51-55(47,48)50-36-35-43(3,4)5)52-42(45)34-30-26-22-24-28-32-39(53-54-46)31-27-23-20-13-11-9-7-2/h27,31,39-40H,6-26,28-30,32-38H2,1-5H3,(H-,46,47,48)/p+1/b31-27-/t39?,40-/m1/s1. The van der Waals surface area contributed by atoms with Gasteiger partial charge in [-0.25, -0.2) is 9.82 Å². The van der Waals surface area contributed by atoms with Crippen molar-refractivity contribution in [3.8, 4) is 0 Å². The Kier molecular flexibility index (Phi) is 36.0. The molecule has 0 aliphatic rings. The van der Waals surface area contributed by atoms with E-state index in [1.807, 2.05) is 27.2 Å².